The van der Waals surface area contributed by atoms with Crippen LogP contribution in [0, 0.1) is 12.8 Å². The second kappa shape index (κ2) is 8.05. The Morgan fingerprint density at radius 3 is 2.85 bits per heavy atom. The van der Waals surface area contributed by atoms with Gasteiger partial charge in [0.1, 0.15) is 6.33 Å². The van der Waals surface area contributed by atoms with E-state index in [0.29, 0.717) is 6.04 Å². The van der Waals surface area contributed by atoms with Crippen molar-refractivity contribution in [2.24, 2.45) is 10.9 Å². The number of aromatic amines is 1. The normalized spacial score (nSPS) is 20.7. The van der Waals surface area contributed by atoms with Crippen molar-refractivity contribution >= 4 is 11.9 Å². The lowest BCUT2D eigenvalue weighted by atomic mass is 9.96. The zero-order chi connectivity index (χ0) is 18.6. The lowest BCUT2D eigenvalue weighted by molar-refractivity contribution is 0.0613. The first kappa shape index (κ1) is 17.9. The van der Waals surface area contributed by atoms with Crippen molar-refractivity contribution in [3.8, 4) is 11.4 Å². The van der Waals surface area contributed by atoms with Crippen LogP contribution >= 0.6 is 0 Å². The predicted molar refractivity (Wildman–Crippen MR) is 107 cm³/mol. The number of rotatable bonds is 5. The molecule has 0 saturated carbocycles. The summed E-state index contributed by atoms with van der Waals surface area (Å²) in [4.78, 5) is 11.4. The van der Waals surface area contributed by atoms with Crippen LogP contribution in [-0.2, 0) is 4.74 Å². The Morgan fingerprint density at radius 2 is 2.11 bits per heavy atom. The average Bonchev–Trinajstić information content (AvgIpc) is 3.23. The van der Waals surface area contributed by atoms with E-state index < -0.39 is 0 Å². The van der Waals surface area contributed by atoms with Gasteiger partial charge in [-0.1, -0.05) is 12.1 Å². The van der Waals surface area contributed by atoms with E-state index in [1.54, 1.807) is 0 Å². The molecule has 1 N–H and O–H groups in total. The zero-order valence-corrected chi connectivity index (χ0v) is 16.1. The van der Waals surface area contributed by atoms with Crippen LogP contribution in [-0.4, -0.2) is 52.1 Å². The molecule has 142 valence electrons. The second-order valence-electron chi connectivity index (χ2n) is 7.48. The van der Waals surface area contributed by atoms with Crippen molar-refractivity contribution in [2.75, 3.05) is 19.8 Å². The fraction of sp³-hybridized carbons (Fsp3) is 0.476. The van der Waals surface area contributed by atoms with Crippen molar-refractivity contribution < 1.29 is 4.74 Å². The maximum Gasteiger partial charge on any atom is 0.155 e. The van der Waals surface area contributed by atoms with Crippen molar-refractivity contribution in [3.63, 3.8) is 0 Å². The third-order valence-corrected chi connectivity index (χ3v) is 5.57. The van der Waals surface area contributed by atoms with Crippen molar-refractivity contribution in [1.29, 1.82) is 0 Å². The number of aromatic nitrogens is 3. The van der Waals surface area contributed by atoms with E-state index in [-0.39, 0.29) is 0 Å². The highest BCUT2D eigenvalue weighted by molar-refractivity contribution is 5.80. The van der Waals surface area contributed by atoms with Gasteiger partial charge in [-0.15, -0.1) is 0 Å². The van der Waals surface area contributed by atoms with E-state index in [9.17, 15) is 0 Å². The fourth-order valence-corrected chi connectivity index (χ4v) is 3.80. The number of ether oxygens (including phenoxy) is 1. The maximum absolute atomic E-state index is 5.48. The van der Waals surface area contributed by atoms with Gasteiger partial charge in [0.25, 0.3) is 0 Å². The molecule has 1 saturated heterocycles. The molecular weight excluding hydrogens is 338 g/mol. The molecule has 4 rings (SSSR count). The number of hydrogen-bond donors (Lipinski definition) is 1. The SMILES string of the molecule is Cc1cc(-c2ncn[nH]2)ccc1C1=CN(CCC2CCOCC2)C(C)C=N1. The van der Waals surface area contributed by atoms with Gasteiger partial charge in [-0.25, -0.2) is 4.98 Å². The van der Waals surface area contributed by atoms with Gasteiger partial charge < -0.3 is 9.64 Å². The van der Waals surface area contributed by atoms with Gasteiger partial charge in [0.2, 0.25) is 0 Å². The van der Waals surface area contributed by atoms with Crippen LogP contribution in [0.1, 0.15) is 37.3 Å². The molecule has 1 aromatic carbocycles. The Balaban J connectivity index is 1.49. The van der Waals surface area contributed by atoms with E-state index in [0.717, 1.165) is 48.3 Å². The molecule has 6 heteroatoms. The average molecular weight is 365 g/mol. The summed E-state index contributed by atoms with van der Waals surface area (Å²) in [6.07, 6.45) is 9.41. The van der Waals surface area contributed by atoms with Gasteiger partial charge in [0, 0.05) is 43.3 Å². The Labute approximate surface area is 160 Å². The van der Waals surface area contributed by atoms with Crippen molar-refractivity contribution in [3.05, 3.63) is 41.9 Å². The summed E-state index contributed by atoms with van der Waals surface area (Å²) in [5.41, 5.74) is 4.42. The van der Waals surface area contributed by atoms with Crippen LogP contribution in [0.15, 0.2) is 35.7 Å². The molecule has 2 aromatic rings. The molecule has 1 fully saturated rings. The van der Waals surface area contributed by atoms with E-state index >= 15 is 0 Å². The summed E-state index contributed by atoms with van der Waals surface area (Å²) in [5.74, 6) is 1.57. The quantitative estimate of drug-likeness (QED) is 0.878. The molecule has 0 amide bonds. The molecule has 3 heterocycles. The molecule has 0 bridgehead atoms. The van der Waals surface area contributed by atoms with Crippen molar-refractivity contribution in [2.45, 2.75) is 39.2 Å². The number of nitrogens with one attached hydrogen (secondary N) is 1. The molecule has 1 atom stereocenters. The molecule has 2 aliphatic heterocycles. The van der Waals surface area contributed by atoms with E-state index in [1.165, 1.54) is 31.2 Å². The number of aryl methyl sites for hydroxylation is 1. The highest BCUT2D eigenvalue weighted by Crippen LogP contribution is 2.28. The first-order chi connectivity index (χ1) is 13.2. The van der Waals surface area contributed by atoms with Gasteiger partial charge in [-0.3, -0.25) is 10.1 Å². The van der Waals surface area contributed by atoms with Gasteiger partial charge in [0.05, 0.1) is 11.7 Å². The molecule has 1 aromatic heterocycles. The smallest absolute Gasteiger partial charge is 0.155 e. The van der Waals surface area contributed by atoms with Crippen LogP contribution in [0.2, 0.25) is 0 Å². The lowest BCUT2D eigenvalue weighted by Gasteiger charge is -2.31. The number of aliphatic imine (C=N–C) groups is 1. The van der Waals surface area contributed by atoms with Crippen LogP contribution in [0.4, 0.5) is 0 Å². The number of nitrogens with zero attached hydrogens (tertiary/aromatic N) is 4. The summed E-state index contributed by atoms with van der Waals surface area (Å²) >= 11 is 0. The summed E-state index contributed by atoms with van der Waals surface area (Å²) in [7, 11) is 0. The fourth-order valence-electron chi connectivity index (χ4n) is 3.80. The monoisotopic (exact) mass is 365 g/mol. The molecule has 6 nitrogen and oxygen atoms in total. The molecule has 27 heavy (non-hydrogen) atoms. The minimum atomic E-state index is 0.336. The van der Waals surface area contributed by atoms with E-state index in [4.69, 9.17) is 9.73 Å². The Morgan fingerprint density at radius 1 is 1.26 bits per heavy atom. The number of H-pyrrole nitrogens is 1. The minimum absolute atomic E-state index is 0.336. The highest BCUT2D eigenvalue weighted by Gasteiger charge is 2.19. The van der Waals surface area contributed by atoms with E-state index in [2.05, 4.69) is 64.5 Å². The summed E-state index contributed by atoms with van der Waals surface area (Å²) in [6, 6.07) is 6.67. The topological polar surface area (TPSA) is 66.4 Å². The van der Waals surface area contributed by atoms with E-state index in [1.807, 2.05) is 0 Å². The third kappa shape index (κ3) is 4.11. The second-order valence-corrected chi connectivity index (χ2v) is 7.48. The van der Waals surface area contributed by atoms with Crippen LogP contribution < -0.4 is 0 Å². The largest absolute Gasteiger partial charge is 0.381 e. The standard InChI is InChI=1S/C21H27N5O/c1-15-11-18(21-23-14-24-25-21)3-4-19(15)20-13-26(16(2)12-22-20)8-5-17-6-9-27-10-7-17/h3-4,11-14,16-17H,5-10H2,1-2H3,(H,23,24,25). The zero-order valence-electron chi connectivity index (χ0n) is 16.1. The van der Waals surface area contributed by atoms with Gasteiger partial charge in [0.15, 0.2) is 5.82 Å². The summed E-state index contributed by atoms with van der Waals surface area (Å²) in [6.45, 7) is 7.23. The summed E-state index contributed by atoms with van der Waals surface area (Å²) in [5, 5.41) is 6.85. The predicted octanol–water partition coefficient (Wildman–Crippen LogP) is 3.67. The Hall–Kier alpha value is -2.47. The van der Waals surface area contributed by atoms with Crippen molar-refractivity contribution in [1.82, 2.24) is 20.1 Å². The Bertz CT molecular complexity index is 821. The highest BCUT2D eigenvalue weighted by atomic mass is 16.5. The molecular formula is C21H27N5O. The first-order valence-electron chi connectivity index (χ1n) is 9.77. The van der Waals surface area contributed by atoms with Crippen LogP contribution in [0.25, 0.3) is 17.1 Å². The number of benzene rings is 1. The van der Waals surface area contributed by atoms with Crippen LogP contribution in [0.5, 0.6) is 0 Å². The molecule has 0 radical (unpaired) electrons. The van der Waals surface area contributed by atoms with Gasteiger partial charge in [-0.05, 0) is 50.7 Å². The minimum Gasteiger partial charge on any atom is -0.381 e. The van der Waals surface area contributed by atoms with Gasteiger partial charge in [-0.2, -0.15) is 5.10 Å². The number of hydrogen-bond acceptors (Lipinski definition) is 5. The lowest BCUT2D eigenvalue weighted by Crippen LogP contribution is -2.34. The van der Waals surface area contributed by atoms with Gasteiger partial charge >= 0.3 is 0 Å². The van der Waals surface area contributed by atoms with Crippen LogP contribution in [0.3, 0.4) is 0 Å². The summed E-state index contributed by atoms with van der Waals surface area (Å²) < 4.78 is 5.48. The third-order valence-electron chi connectivity index (χ3n) is 5.57. The Kier molecular flexibility index (Phi) is 5.34. The maximum atomic E-state index is 5.48. The molecule has 1 unspecified atom stereocenters. The molecule has 2 aliphatic rings. The molecule has 0 aliphatic carbocycles. The first-order valence-corrected chi connectivity index (χ1v) is 9.77. The molecule has 0 spiro atoms.